The van der Waals surface area contributed by atoms with Gasteiger partial charge in [-0.25, -0.2) is 0 Å². The highest BCUT2D eigenvalue weighted by Gasteiger charge is 2.14. The molecule has 0 amide bonds. The number of ether oxygens (including phenoxy) is 1. The predicted molar refractivity (Wildman–Crippen MR) is 71.4 cm³/mol. The van der Waals surface area contributed by atoms with Crippen molar-refractivity contribution in [2.24, 2.45) is 0 Å². The summed E-state index contributed by atoms with van der Waals surface area (Å²) in [7, 11) is 0. The lowest BCUT2D eigenvalue weighted by molar-refractivity contribution is -0.145. The Balaban J connectivity index is 2.44. The Morgan fingerprint density at radius 1 is 1.26 bits per heavy atom. The van der Waals surface area contributed by atoms with Gasteiger partial charge in [0.2, 0.25) is 0 Å². The average Bonchev–Trinajstić information content (AvgIpc) is 2.39. The molecular weight excluding hydrogens is 244 g/mol. The molecule has 0 aliphatic rings. The highest BCUT2D eigenvalue weighted by molar-refractivity contribution is 5.96. The maximum absolute atomic E-state index is 11.7. The van der Waals surface area contributed by atoms with E-state index in [4.69, 9.17) is 4.74 Å². The summed E-state index contributed by atoms with van der Waals surface area (Å²) in [6.07, 6.45) is 3.30. The number of pyridine rings is 1. The second kappa shape index (κ2) is 8.37. The van der Waals surface area contributed by atoms with E-state index >= 15 is 0 Å². The van der Waals surface area contributed by atoms with Crippen molar-refractivity contribution in [3.05, 3.63) is 30.1 Å². The molecule has 0 aromatic carbocycles. The van der Waals surface area contributed by atoms with Crippen LogP contribution >= 0.6 is 0 Å². The molecule has 0 spiro atoms. The smallest absolute Gasteiger partial charge is 0.313 e. The minimum Gasteiger partial charge on any atom is -0.466 e. The highest BCUT2D eigenvalue weighted by atomic mass is 16.5. The molecule has 1 aromatic heterocycles. The number of aromatic nitrogens is 1. The second-order valence-corrected chi connectivity index (χ2v) is 4.18. The molecule has 104 valence electrons. The number of likely N-dealkylation sites (N-methyl/N-ethyl adjacent to an activating group) is 1. The number of esters is 1. The third-order valence-electron chi connectivity index (χ3n) is 2.65. The van der Waals surface area contributed by atoms with Crippen molar-refractivity contribution in [3.8, 4) is 0 Å². The van der Waals surface area contributed by atoms with Gasteiger partial charge in [0.15, 0.2) is 5.78 Å². The molecule has 0 radical (unpaired) electrons. The number of Topliss-reactive ketones (excluding diaryl/α,β-unsaturated/α-hetero) is 1. The van der Waals surface area contributed by atoms with Gasteiger partial charge in [-0.1, -0.05) is 6.92 Å². The summed E-state index contributed by atoms with van der Waals surface area (Å²) in [5, 5.41) is 0. The number of carbonyl (C=O) groups is 2. The number of hydrogen-bond donors (Lipinski definition) is 0. The quantitative estimate of drug-likeness (QED) is 0.525. The van der Waals surface area contributed by atoms with Crippen molar-refractivity contribution < 1.29 is 14.3 Å². The first-order valence-electron chi connectivity index (χ1n) is 6.44. The number of carbonyl (C=O) groups excluding carboxylic acids is 2. The Kier molecular flexibility index (Phi) is 6.74. The second-order valence-electron chi connectivity index (χ2n) is 4.18. The summed E-state index contributed by atoms with van der Waals surface area (Å²) < 4.78 is 4.76. The van der Waals surface area contributed by atoms with Crippen molar-refractivity contribution in [3.63, 3.8) is 0 Å². The Bertz CT molecular complexity index is 406. The van der Waals surface area contributed by atoms with E-state index in [-0.39, 0.29) is 18.7 Å². The Morgan fingerprint density at radius 2 is 1.95 bits per heavy atom. The van der Waals surface area contributed by atoms with Crippen LogP contribution in [0.25, 0.3) is 0 Å². The van der Waals surface area contributed by atoms with Gasteiger partial charge in [-0.2, -0.15) is 0 Å². The van der Waals surface area contributed by atoms with Crippen LogP contribution in [-0.4, -0.2) is 41.3 Å². The van der Waals surface area contributed by atoms with Gasteiger partial charge in [-0.3, -0.25) is 19.5 Å². The molecular formula is C14H20N2O3. The van der Waals surface area contributed by atoms with Crippen LogP contribution in [0.1, 0.15) is 25.8 Å². The monoisotopic (exact) mass is 264 g/mol. The minimum absolute atomic E-state index is 0.116. The van der Waals surface area contributed by atoms with Crippen molar-refractivity contribution in [2.45, 2.75) is 26.8 Å². The van der Waals surface area contributed by atoms with Crippen LogP contribution in [0.15, 0.2) is 24.5 Å². The summed E-state index contributed by atoms with van der Waals surface area (Å²) in [5.41, 5.74) is 1.10. The van der Waals surface area contributed by atoms with E-state index in [1.54, 1.807) is 19.3 Å². The molecule has 0 saturated carbocycles. The van der Waals surface area contributed by atoms with Gasteiger partial charge >= 0.3 is 5.97 Å². The lowest BCUT2D eigenvalue weighted by atomic mass is 10.2. The standard InChI is InChI=1S/C14H20N2O3/c1-3-16(10-12-5-7-15-8-6-12)11-13(17)9-14(18)19-4-2/h5-8H,3-4,9-11H2,1-2H3. The maximum atomic E-state index is 11.7. The van der Waals surface area contributed by atoms with Gasteiger partial charge in [0, 0.05) is 18.9 Å². The maximum Gasteiger partial charge on any atom is 0.313 e. The molecule has 0 atom stereocenters. The molecule has 1 aromatic rings. The molecule has 19 heavy (non-hydrogen) atoms. The van der Waals surface area contributed by atoms with E-state index < -0.39 is 5.97 Å². The van der Waals surface area contributed by atoms with Gasteiger partial charge in [0.25, 0.3) is 0 Å². The summed E-state index contributed by atoms with van der Waals surface area (Å²) >= 11 is 0. The van der Waals surface area contributed by atoms with Crippen molar-refractivity contribution in [1.29, 1.82) is 0 Å². The molecule has 0 aliphatic carbocycles. The van der Waals surface area contributed by atoms with Gasteiger partial charge in [0.05, 0.1) is 13.2 Å². The van der Waals surface area contributed by atoms with Crippen molar-refractivity contribution >= 4 is 11.8 Å². The van der Waals surface area contributed by atoms with Crippen LogP contribution < -0.4 is 0 Å². The largest absolute Gasteiger partial charge is 0.466 e. The fraction of sp³-hybridized carbons (Fsp3) is 0.500. The molecule has 5 nitrogen and oxygen atoms in total. The molecule has 1 rings (SSSR count). The third kappa shape index (κ3) is 6.10. The van der Waals surface area contributed by atoms with Crippen LogP contribution in [-0.2, 0) is 20.9 Å². The molecule has 0 aliphatic heterocycles. The van der Waals surface area contributed by atoms with E-state index in [9.17, 15) is 9.59 Å². The summed E-state index contributed by atoms with van der Waals surface area (Å²) in [6, 6.07) is 3.83. The molecule has 0 bridgehead atoms. The third-order valence-corrected chi connectivity index (χ3v) is 2.65. The van der Waals surface area contributed by atoms with Crippen LogP contribution in [0.5, 0.6) is 0 Å². The fourth-order valence-corrected chi connectivity index (χ4v) is 1.70. The zero-order chi connectivity index (χ0) is 14.1. The highest BCUT2D eigenvalue weighted by Crippen LogP contribution is 2.03. The van der Waals surface area contributed by atoms with E-state index in [2.05, 4.69) is 4.98 Å². The normalized spacial score (nSPS) is 10.5. The van der Waals surface area contributed by atoms with Crippen LogP contribution in [0.2, 0.25) is 0 Å². The molecule has 0 fully saturated rings. The number of hydrogen-bond acceptors (Lipinski definition) is 5. The number of ketones is 1. The van der Waals surface area contributed by atoms with E-state index in [1.165, 1.54) is 0 Å². The lowest BCUT2D eigenvalue weighted by Crippen LogP contribution is -2.30. The Hall–Kier alpha value is -1.75. The van der Waals surface area contributed by atoms with Crippen LogP contribution in [0.4, 0.5) is 0 Å². The van der Waals surface area contributed by atoms with Gasteiger partial charge in [-0.15, -0.1) is 0 Å². The summed E-state index contributed by atoms with van der Waals surface area (Å²) in [4.78, 5) is 28.9. The predicted octanol–water partition coefficient (Wildman–Crippen LogP) is 1.43. The van der Waals surface area contributed by atoms with Crippen LogP contribution in [0.3, 0.4) is 0 Å². The summed E-state index contributed by atoms with van der Waals surface area (Å²) in [6.45, 7) is 5.70. The minimum atomic E-state index is -0.451. The van der Waals surface area contributed by atoms with E-state index in [1.807, 2.05) is 24.0 Å². The first-order chi connectivity index (χ1) is 9.15. The molecule has 5 heteroatoms. The SMILES string of the molecule is CCOC(=O)CC(=O)CN(CC)Cc1ccncc1. The Labute approximate surface area is 113 Å². The zero-order valence-corrected chi connectivity index (χ0v) is 11.5. The summed E-state index contributed by atoms with van der Waals surface area (Å²) in [5.74, 6) is -0.568. The van der Waals surface area contributed by atoms with Crippen molar-refractivity contribution in [2.75, 3.05) is 19.7 Å². The van der Waals surface area contributed by atoms with Gasteiger partial charge in [0.1, 0.15) is 6.42 Å². The number of rotatable bonds is 8. The molecule has 0 N–H and O–H groups in total. The molecule has 0 saturated heterocycles. The Morgan fingerprint density at radius 3 is 2.53 bits per heavy atom. The first-order valence-corrected chi connectivity index (χ1v) is 6.44. The fourth-order valence-electron chi connectivity index (χ4n) is 1.70. The van der Waals surface area contributed by atoms with Crippen molar-refractivity contribution in [1.82, 2.24) is 9.88 Å². The van der Waals surface area contributed by atoms with E-state index in [0.29, 0.717) is 13.2 Å². The molecule has 0 unspecified atom stereocenters. The number of nitrogens with zero attached hydrogens (tertiary/aromatic N) is 2. The van der Waals surface area contributed by atoms with Gasteiger partial charge < -0.3 is 4.74 Å². The zero-order valence-electron chi connectivity index (χ0n) is 11.5. The first kappa shape index (κ1) is 15.3. The molecule has 1 heterocycles. The average molecular weight is 264 g/mol. The van der Waals surface area contributed by atoms with Gasteiger partial charge in [-0.05, 0) is 31.2 Å². The van der Waals surface area contributed by atoms with Crippen LogP contribution in [0, 0.1) is 0 Å². The topological polar surface area (TPSA) is 59.5 Å². The van der Waals surface area contributed by atoms with E-state index in [0.717, 1.165) is 12.1 Å². The lowest BCUT2D eigenvalue weighted by Gasteiger charge is -2.19.